The topological polar surface area (TPSA) is 94.5 Å². The normalized spacial score (nSPS) is 11.7. The van der Waals surface area contributed by atoms with Crippen molar-refractivity contribution in [1.29, 1.82) is 0 Å². The Balaban J connectivity index is 1.67. The summed E-state index contributed by atoms with van der Waals surface area (Å²) in [6.45, 7) is 7.60. The van der Waals surface area contributed by atoms with E-state index < -0.39 is 6.23 Å². The average molecular weight is 455 g/mol. The van der Waals surface area contributed by atoms with E-state index in [9.17, 15) is 5.11 Å². The number of para-hydroxylation sites is 1. The van der Waals surface area contributed by atoms with Crippen molar-refractivity contribution in [3.8, 4) is 11.4 Å². The Morgan fingerprint density at radius 3 is 2.65 bits per heavy atom. The molecule has 34 heavy (non-hydrogen) atoms. The minimum absolute atomic E-state index is 0.582. The number of nitrogens with one attached hydrogen (secondary N) is 3. The molecule has 174 valence electrons. The van der Waals surface area contributed by atoms with Gasteiger partial charge in [0, 0.05) is 29.0 Å². The molecule has 0 fully saturated rings. The van der Waals surface area contributed by atoms with Gasteiger partial charge in [0.25, 0.3) is 0 Å². The largest absolute Gasteiger partial charge is 0.374 e. The number of hydrogen-bond donors (Lipinski definition) is 4. The van der Waals surface area contributed by atoms with E-state index in [0.29, 0.717) is 12.2 Å². The van der Waals surface area contributed by atoms with Crippen LogP contribution in [0.5, 0.6) is 0 Å². The number of hydrogen-bond acceptors (Lipinski definition) is 7. The molecule has 1 atom stereocenters. The van der Waals surface area contributed by atoms with E-state index in [1.165, 1.54) is 0 Å². The molecule has 1 heterocycles. The highest BCUT2D eigenvalue weighted by atomic mass is 16.3. The Labute approximate surface area is 200 Å². The number of aromatic nitrogens is 2. The Morgan fingerprint density at radius 2 is 1.85 bits per heavy atom. The van der Waals surface area contributed by atoms with E-state index in [0.717, 1.165) is 57.8 Å². The second-order valence-corrected chi connectivity index (χ2v) is 8.22. The van der Waals surface area contributed by atoms with Crippen LogP contribution in [0.2, 0.25) is 0 Å². The van der Waals surface area contributed by atoms with Crippen molar-refractivity contribution in [3.05, 3.63) is 72.3 Å². The predicted molar refractivity (Wildman–Crippen MR) is 142 cm³/mol. The molecule has 0 bridgehead atoms. The number of rotatable bonds is 10. The summed E-state index contributed by atoms with van der Waals surface area (Å²) in [5.74, 6) is 1.34. The van der Waals surface area contributed by atoms with Gasteiger partial charge in [-0.25, -0.2) is 9.97 Å². The molecule has 0 saturated heterocycles. The molecule has 7 heteroatoms. The monoisotopic (exact) mass is 454 g/mol. The summed E-state index contributed by atoms with van der Waals surface area (Å²) in [6, 6.07) is 21.7. The average Bonchev–Trinajstić information content (AvgIpc) is 2.84. The maximum absolute atomic E-state index is 10.3. The van der Waals surface area contributed by atoms with E-state index >= 15 is 0 Å². The van der Waals surface area contributed by atoms with Gasteiger partial charge in [0.05, 0.1) is 11.2 Å². The molecule has 7 nitrogen and oxygen atoms in total. The van der Waals surface area contributed by atoms with Crippen LogP contribution < -0.4 is 16.1 Å². The number of hydrazone groups is 1. The van der Waals surface area contributed by atoms with Crippen molar-refractivity contribution < 1.29 is 5.11 Å². The smallest absolute Gasteiger partial charge is 0.162 e. The van der Waals surface area contributed by atoms with Crippen LogP contribution in [0.3, 0.4) is 0 Å². The number of fused-ring (bicyclic) bond motifs is 1. The van der Waals surface area contributed by atoms with Crippen LogP contribution >= 0.6 is 0 Å². The highest BCUT2D eigenvalue weighted by molar-refractivity contribution is 5.92. The molecule has 1 aromatic heterocycles. The number of unbranched alkanes of at least 4 members (excludes halogenated alkanes) is 1. The van der Waals surface area contributed by atoms with Gasteiger partial charge >= 0.3 is 0 Å². The third-order valence-corrected chi connectivity index (χ3v) is 5.58. The summed E-state index contributed by atoms with van der Waals surface area (Å²) in [6.07, 6.45) is 2.14. The van der Waals surface area contributed by atoms with Gasteiger partial charge < -0.3 is 15.7 Å². The second-order valence-electron chi connectivity index (χ2n) is 8.22. The molecule has 0 amide bonds. The van der Waals surface area contributed by atoms with Crippen molar-refractivity contribution in [3.63, 3.8) is 0 Å². The van der Waals surface area contributed by atoms with Crippen molar-refractivity contribution in [2.75, 3.05) is 16.1 Å². The maximum atomic E-state index is 10.3. The molecule has 4 aromatic rings. The fourth-order valence-electron chi connectivity index (χ4n) is 3.80. The van der Waals surface area contributed by atoms with Crippen molar-refractivity contribution >= 4 is 40.5 Å². The first-order valence-electron chi connectivity index (χ1n) is 11.5. The molecule has 4 rings (SSSR count). The number of aryl methyl sites for hydroxylation is 1. The van der Waals surface area contributed by atoms with Gasteiger partial charge in [0.15, 0.2) is 5.82 Å². The van der Waals surface area contributed by atoms with Crippen LogP contribution in [0.1, 0.15) is 31.7 Å². The molecule has 0 saturated carbocycles. The Bertz CT molecular complexity index is 1290. The molecular weight excluding hydrogens is 424 g/mol. The Hall–Kier alpha value is -3.97. The predicted octanol–water partition coefficient (Wildman–Crippen LogP) is 6.30. The summed E-state index contributed by atoms with van der Waals surface area (Å²) >= 11 is 0. The molecule has 0 spiro atoms. The Kier molecular flexibility index (Phi) is 7.34. The van der Waals surface area contributed by atoms with Gasteiger partial charge in [-0.3, -0.25) is 5.43 Å². The molecule has 0 aliphatic rings. The van der Waals surface area contributed by atoms with Crippen molar-refractivity contribution in [2.45, 2.75) is 39.3 Å². The fourth-order valence-corrected chi connectivity index (χ4v) is 3.80. The van der Waals surface area contributed by atoms with Gasteiger partial charge in [0.2, 0.25) is 0 Å². The molecule has 4 N–H and O–H groups in total. The first-order chi connectivity index (χ1) is 16.6. The quantitative estimate of drug-likeness (QED) is 0.128. The van der Waals surface area contributed by atoms with Gasteiger partial charge in [-0.1, -0.05) is 37.6 Å². The standard InChI is InChI=1S/C27H30N6O/c1-4-5-13-25(34)29-20-10-8-9-19(17-20)26-31-24-12-7-6-11-22(24)27(32-26)30-21-14-15-23(33-28-3)18(2)16-21/h6-12,14-17,25,29,33-34H,3-5,13H2,1-2H3,(H,30,31,32). The Morgan fingerprint density at radius 1 is 1.00 bits per heavy atom. The minimum atomic E-state index is -0.582. The lowest BCUT2D eigenvalue weighted by atomic mass is 10.1. The van der Waals surface area contributed by atoms with E-state index in [1.807, 2.05) is 73.7 Å². The SMILES string of the molecule is C=NNc1ccc(Nc2nc(-c3cccc(NC(O)CCCC)c3)nc3ccccc23)cc1C. The van der Waals surface area contributed by atoms with Crippen molar-refractivity contribution in [1.82, 2.24) is 9.97 Å². The summed E-state index contributed by atoms with van der Waals surface area (Å²) < 4.78 is 0. The van der Waals surface area contributed by atoms with E-state index in [1.54, 1.807) is 0 Å². The zero-order valence-electron chi connectivity index (χ0n) is 19.5. The summed E-state index contributed by atoms with van der Waals surface area (Å²) in [7, 11) is 0. The third-order valence-electron chi connectivity index (χ3n) is 5.58. The maximum Gasteiger partial charge on any atom is 0.162 e. The van der Waals surface area contributed by atoms with Gasteiger partial charge in [-0.15, -0.1) is 0 Å². The van der Waals surface area contributed by atoms with Crippen LogP contribution in [0.25, 0.3) is 22.3 Å². The van der Waals surface area contributed by atoms with Crippen LogP contribution in [-0.4, -0.2) is 28.0 Å². The molecule has 0 aliphatic heterocycles. The zero-order chi connectivity index (χ0) is 23.9. The summed E-state index contributed by atoms with van der Waals surface area (Å²) in [5, 5.41) is 21.6. The highest BCUT2D eigenvalue weighted by Gasteiger charge is 2.12. The lowest BCUT2D eigenvalue weighted by Gasteiger charge is -2.15. The first kappa shape index (κ1) is 23.2. The molecular formula is C27H30N6O. The zero-order valence-corrected chi connectivity index (χ0v) is 19.5. The number of aliphatic hydroxyl groups is 1. The number of anilines is 4. The van der Waals surface area contributed by atoms with Crippen LogP contribution in [0.4, 0.5) is 22.9 Å². The molecule has 1 unspecified atom stereocenters. The van der Waals surface area contributed by atoms with Gasteiger partial charge in [-0.2, -0.15) is 5.10 Å². The molecule has 0 radical (unpaired) electrons. The van der Waals surface area contributed by atoms with Gasteiger partial charge in [-0.05, 0) is 67.8 Å². The van der Waals surface area contributed by atoms with E-state index in [2.05, 4.69) is 34.8 Å². The van der Waals surface area contributed by atoms with Crippen LogP contribution in [0, 0.1) is 6.92 Å². The van der Waals surface area contributed by atoms with Crippen LogP contribution in [-0.2, 0) is 0 Å². The summed E-state index contributed by atoms with van der Waals surface area (Å²) in [4.78, 5) is 9.67. The number of nitrogens with zero attached hydrogens (tertiary/aromatic N) is 3. The number of aliphatic hydroxyl groups excluding tert-OH is 1. The van der Waals surface area contributed by atoms with E-state index in [-0.39, 0.29) is 0 Å². The molecule has 3 aromatic carbocycles. The highest BCUT2D eigenvalue weighted by Crippen LogP contribution is 2.29. The second kappa shape index (κ2) is 10.8. The van der Waals surface area contributed by atoms with Crippen molar-refractivity contribution in [2.24, 2.45) is 5.10 Å². The lowest BCUT2D eigenvalue weighted by Crippen LogP contribution is -2.18. The number of benzene rings is 3. The van der Waals surface area contributed by atoms with E-state index in [4.69, 9.17) is 9.97 Å². The lowest BCUT2D eigenvalue weighted by molar-refractivity contribution is 0.190. The minimum Gasteiger partial charge on any atom is -0.374 e. The third kappa shape index (κ3) is 5.50. The van der Waals surface area contributed by atoms with Gasteiger partial charge in [0.1, 0.15) is 12.0 Å². The fraction of sp³-hybridized carbons (Fsp3) is 0.222. The van der Waals surface area contributed by atoms with Crippen LogP contribution in [0.15, 0.2) is 71.8 Å². The first-order valence-corrected chi connectivity index (χ1v) is 11.5. The molecule has 0 aliphatic carbocycles. The summed E-state index contributed by atoms with van der Waals surface area (Å²) in [5.41, 5.74) is 8.30.